The van der Waals surface area contributed by atoms with Gasteiger partial charge in [0, 0.05) is 19.0 Å². The molecule has 1 N–H and O–H groups in total. The Kier molecular flexibility index (Phi) is 2.92. The van der Waals surface area contributed by atoms with Gasteiger partial charge in [-0.2, -0.15) is 0 Å². The van der Waals surface area contributed by atoms with Crippen LogP contribution in [0.15, 0.2) is 4.99 Å². The molecule has 1 rings (SSSR count). The van der Waals surface area contributed by atoms with Crippen LogP contribution in [0.4, 0.5) is 0 Å². The fourth-order valence-corrected chi connectivity index (χ4v) is 1.09. The molecular weight excluding hydrogens is 136 g/mol. The molecular formula is C9H18N2. The Labute approximate surface area is 69.1 Å². The van der Waals surface area contributed by atoms with E-state index in [4.69, 9.17) is 0 Å². The lowest BCUT2D eigenvalue weighted by Crippen LogP contribution is -2.35. The molecule has 1 heterocycles. The summed E-state index contributed by atoms with van der Waals surface area (Å²) >= 11 is 0. The number of aliphatic imine (C=N–C) groups is 1. The van der Waals surface area contributed by atoms with Crippen LogP contribution in [0.1, 0.15) is 33.6 Å². The monoisotopic (exact) mass is 154 g/mol. The van der Waals surface area contributed by atoms with Gasteiger partial charge in [0.2, 0.25) is 0 Å². The van der Waals surface area contributed by atoms with Gasteiger partial charge in [0.1, 0.15) is 0 Å². The van der Waals surface area contributed by atoms with Crippen LogP contribution >= 0.6 is 0 Å². The zero-order valence-electron chi connectivity index (χ0n) is 7.72. The summed E-state index contributed by atoms with van der Waals surface area (Å²) in [6.07, 6.45) is 2.38. The lowest BCUT2D eigenvalue weighted by molar-refractivity contribution is 0.485. The van der Waals surface area contributed by atoms with Crippen LogP contribution in [0, 0.1) is 5.92 Å². The summed E-state index contributed by atoms with van der Waals surface area (Å²) in [5, 5.41) is 3.43. The van der Waals surface area contributed by atoms with Crippen molar-refractivity contribution in [2.75, 3.05) is 6.54 Å². The predicted molar refractivity (Wildman–Crippen MR) is 49.0 cm³/mol. The minimum absolute atomic E-state index is 0.562. The Morgan fingerprint density at radius 3 is 2.55 bits per heavy atom. The Morgan fingerprint density at radius 2 is 2.09 bits per heavy atom. The quantitative estimate of drug-likeness (QED) is 0.644. The maximum Gasteiger partial charge on any atom is 0.0965 e. The maximum absolute atomic E-state index is 4.36. The van der Waals surface area contributed by atoms with E-state index in [1.807, 2.05) is 0 Å². The van der Waals surface area contributed by atoms with Gasteiger partial charge in [-0.3, -0.25) is 4.99 Å². The normalized spacial score (nSPS) is 20.2. The standard InChI is InChI=1S/C9H18N2/c1-7(2)8(3)11-9-5-4-6-10-9/h7-8H,4-6H2,1-3H3,(H,10,11). The van der Waals surface area contributed by atoms with Crippen molar-refractivity contribution in [1.29, 1.82) is 0 Å². The largest absolute Gasteiger partial charge is 0.371 e. The van der Waals surface area contributed by atoms with E-state index in [1.165, 1.54) is 12.3 Å². The molecule has 11 heavy (non-hydrogen) atoms. The average molecular weight is 154 g/mol. The molecule has 2 nitrogen and oxygen atoms in total. The van der Waals surface area contributed by atoms with Gasteiger partial charge in [-0.1, -0.05) is 13.8 Å². The molecule has 1 unspecified atom stereocenters. The molecule has 0 radical (unpaired) electrons. The van der Waals surface area contributed by atoms with E-state index in [0.29, 0.717) is 12.0 Å². The van der Waals surface area contributed by atoms with Crippen molar-refractivity contribution in [3.8, 4) is 0 Å². The molecule has 0 saturated heterocycles. The number of hydrogen-bond donors (Lipinski definition) is 1. The van der Waals surface area contributed by atoms with E-state index in [-0.39, 0.29) is 0 Å². The van der Waals surface area contributed by atoms with E-state index in [2.05, 4.69) is 31.1 Å². The van der Waals surface area contributed by atoms with Gasteiger partial charge in [0.25, 0.3) is 0 Å². The smallest absolute Gasteiger partial charge is 0.0965 e. The number of rotatable bonds is 2. The van der Waals surface area contributed by atoms with Crippen LogP contribution in [0.3, 0.4) is 0 Å². The molecule has 0 aromatic rings. The van der Waals surface area contributed by atoms with E-state index < -0.39 is 0 Å². The molecule has 0 amide bonds. The third-order valence-corrected chi connectivity index (χ3v) is 2.27. The lowest BCUT2D eigenvalue weighted by Gasteiger charge is -2.18. The maximum atomic E-state index is 4.36. The topological polar surface area (TPSA) is 24.4 Å². The Morgan fingerprint density at radius 1 is 1.36 bits per heavy atom. The Balaban J connectivity index is 2.29. The number of nitrogens with one attached hydrogen (secondary N) is 1. The molecule has 0 aromatic carbocycles. The molecule has 2 heteroatoms. The van der Waals surface area contributed by atoms with Gasteiger partial charge in [-0.05, 0) is 19.3 Å². The molecule has 1 aliphatic heterocycles. The van der Waals surface area contributed by atoms with Gasteiger partial charge < -0.3 is 5.32 Å². The molecule has 0 fully saturated rings. The van der Waals surface area contributed by atoms with Crippen LogP contribution < -0.4 is 5.32 Å². The van der Waals surface area contributed by atoms with Crippen LogP contribution in [-0.4, -0.2) is 18.4 Å². The fourth-order valence-electron chi connectivity index (χ4n) is 1.09. The first-order valence-electron chi connectivity index (χ1n) is 4.50. The van der Waals surface area contributed by atoms with Crippen molar-refractivity contribution in [1.82, 2.24) is 5.32 Å². The van der Waals surface area contributed by atoms with Crippen molar-refractivity contribution < 1.29 is 0 Å². The highest BCUT2D eigenvalue weighted by Gasteiger charge is 2.11. The molecule has 1 atom stereocenters. The van der Waals surface area contributed by atoms with Crippen molar-refractivity contribution >= 4 is 5.84 Å². The predicted octanol–water partition coefficient (Wildman–Crippen LogP) is 1.81. The van der Waals surface area contributed by atoms with E-state index >= 15 is 0 Å². The summed E-state index contributed by atoms with van der Waals surface area (Å²) in [4.78, 5) is 4.36. The zero-order valence-corrected chi connectivity index (χ0v) is 7.72. The number of amidine groups is 1. The first kappa shape index (κ1) is 8.57. The zero-order chi connectivity index (χ0) is 8.27. The molecule has 0 aliphatic carbocycles. The first-order chi connectivity index (χ1) is 5.20. The van der Waals surface area contributed by atoms with Crippen LogP contribution in [-0.2, 0) is 0 Å². The van der Waals surface area contributed by atoms with Gasteiger partial charge in [-0.15, -0.1) is 0 Å². The molecule has 0 spiro atoms. The minimum atomic E-state index is 0.562. The second-order valence-electron chi connectivity index (χ2n) is 3.61. The van der Waals surface area contributed by atoms with Crippen molar-refractivity contribution in [3.05, 3.63) is 0 Å². The number of nitrogens with zero attached hydrogens (tertiary/aromatic N) is 1. The van der Waals surface area contributed by atoms with Crippen molar-refractivity contribution in [2.45, 2.75) is 39.7 Å². The highest BCUT2D eigenvalue weighted by atomic mass is 15.0. The van der Waals surface area contributed by atoms with Crippen LogP contribution in [0.25, 0.3) is 0 Å². The van der Waals surface area contributed by atoms with Gasteiger partial charge >= 0.3 is 0 Å². The molecule has 64 valence electrons. The molecule has 0 aromatic heterocycles. The van der Waals surface area contributed by atoms with E-state index in [1.54, 1.807) is 0 Å². The highest BCUT2D eigenvalue weighted by molar-refractivity contribution is 5.83. The second kappa shape index (κ2) is 3.74. The summed E-state index contributed by atoms with van der Waals surface area (Å²) < 4.78 is 0. The third kappa shape index (κ3) is 2.52. The summed E-state index contributed by atoms with van der Waals surface area (Å²) in [6, 6.07) is 0.562. The molecule has 1 aliphatic rings. The summed E-state index contributed by atoms with van der Waals surface area (Å²) in [7, 11) is 0. The SMILES string of the molecule is CC(C)C(C)NC1=NCCC1. The van der Waals surface area contributed by atoms with Crippen molar-refractivity contribution in [2.24, 2.45) is 10.9 Å². The Hall–Kier alpha value is -0.530. The van der Waals surface area contributed by atoms with E-state index in [9.17, 15) is 0 Å². The molecule has 0 saturated carbocycles. The van der Waals surface area contributed by atoms with Crippen LogP contribution in [0.5, 0.6) is 0 Å². The van der Waals surface area contributed by atoms with Gasteiger partial charge in [-0.25, -0.2) is 0 Å². The summed E-state index contributed by atoms with van der Waals surface area (Å²) in [5.74, 6) is 1.91. The second-order valence-corrected chi connectivity index (χ2v) is 3.61. The van der Waals surface area contributed by atoms with E-state index in [0.717, 1.165) is 13.0 Å². The number of hydrogen-bond acceptors (Lipinski definition) is 2. The van der Waals surface area contributed by atoms with Gasteiger partial charge in [0.15, 0.2) is 0 Å². The summed E-state index contributed by atoms with van der Waals surface area (Å²) in [5.41, 5.74) is 0. The third-order valence-electron chi connectivity index (χ3n) is 2.27. The Bertz CT molecular complexity index is 150. The highest BCUT2D eigenvalue weighted by Crippen LogP contribution is 2.05. The summed E-state index contributed by atoms with van der Waals surface area (Å²) in [6.45, 7) is 7.69. The van der Waals surface area contributed by atoms with Crippen LogP contribution in [0.2, 0.25) is 0 Å². The molecule has 0 bridgehead atoms. The fraction of sp³-hybridized carbons (Fsp3) is 0.889. The van der Waals surface area contributed by atoms with Crippen molar-refractivity contribution in [3.63, 3.8) is 0 Å². The average Bonchev–Trinajstić information content (AvgIpc) is 2.39. The minimum Gasteiger partial charge on any atom is -0.371 e. The van der Waals surface area contributed by atoms with Gasteiger partial charge in [0.05, 0.1) is 5.84 Å². The lowest BCUT2D eigenvalue weighted by atomic mass is 10.1. The first-order valence-corrected chi connectivity index (χ1v) is 4.50.